The van der Waals surface area contributed by atoms with E-state index in [0.29, 0.717) is 12.8 Å². The monoisotopic (exact) mass is 577 g/mol. The van der Waals surface area contributed by atoms with Crippen LogP contribution in [0.4, 0.5) is 0 Å². The van der Waals surface area contributed by atoms with Crippen molar-refractivity contribution in [2.24, 2.45) is 5.41 Å². The Morgan fingerprint density at radius 1 is 0.767 bits per heavy atom. The SMILES string of the molecule is CNC(=O)[C@@H](Cc1ccc2ccccc2c1)N(C)C(=O)[C@@H](Cc1cccc2ccccc12)N(C)C(=O)/C=C/CC(C)(C)C. The molecule has 1 N–H and O–H groups in total. The van der Waals surface area contributed by atoms with Gasteiger partial charge in [-0.2, -0.15) is 0 Å². The van der Waals surface area contributed by atoms with Gasteiger partial charge in [-0.05, 0) is 50.6 Å². The van der Waals surface area contributed by atoms with Crippen LogP contribution in [0.15, 0.2) is 97.1 Å². The molecule has 224 valence electrons. The van der Waals surface area contributed by atoms with E-state index in [1.165, 1.54) is 9.80 Å². The number of allylic oxidation sites excluding steroid dienone is 1. The Bertz CT molecular complexity index is 1630. The van der Waals surface area contributed by atoms with E-state index in [1.807, 2.05) is 84.9 Å². The fourth-order valence-corrected chi connectivity index (χ4v) is 5.40. The topological polar surface area (TPSA) is 69.7 Å². The molecule has 6 heteroatoms. The Kier molecular flexibility index (Phi) is 10.0. The zero-order valence-electron chi connectivity index (χ0n) is 26.1. The van der Waals surface area contributed by atoms with Crippen LogP contribution in [-0.4, -0.2) is 60.7 Å². The lowest BCUT2D eigenvalue weighted by atomic mass is 9.92. The molecule has 0 aliphatic heterocycles. The number of carbonyl (C=O) groups excluding carboxylic acids is 3. The van der Waals surface area contributed by atoms with Crippen LogP contribution in [0.25, 0.3) is 21.5 Å². The third-order valence-electron chi connectivity index (χ3n) is 7.99. The Morgan fingerprint density at radius 2 is 1.42 bits per heavy atom. The van der Waals surface area contributed by atoms with Gasteiger partial charge < -0.3 is 15.1 Å². The third kappa shape index (κ3) is 7.89. The molecule has 0 saturated carbocycles. The summed E-state index contributed by atoms with van der Waals surface area (Å²) in [5.41, 5.74) is 1.96. The summed E-state index contributed by atoms with van der Waals surface area (Å²) in [5, 5.41) is 7.03. The van der Waals surface area contributed by atoms with Crippen LogP contribution < -0.4 is 5.32 Å². The highest BCUT2D eigenvalue weighted by atomic mass is 16.2. The Morgan fingerprint density at radius 3 is 2.12 bits per heavy atom. The minimum atomic E-state index is -0.814. The lowest BCUT2D eigenvalue weighted by molar-refractivity contribution is -0.146. The van der Waals surface area contributed by atoms with Crippen LogP contribution in [0.5, 0.6) is 0 Å². The number of nitrogens with zero attached hydrogens (tertiary/aromatic N) is 2. The number of hydrogen-bond donors (Lipinski definition) is 1. The van der Waals surface area contributed by atoms with E-state index in [0.717, 1.165) is 39.1 Å². The number of carbonyl (C=O) groups is 3. The summed E-state index contributed by atoms with van der Waals surface area (Å²) in [4.78, 5) is 44.0. The van der Waals surface area contributed by atoms with Crippen molar-refractivity contribution < 1.29 is 14.4 Å². The number of fused-ring (bicyclic) bond motifs is 2. The highest BCUT2D eigenvalue weighted by Crippen LogP contribution is 2.24. The van der Waals surface area contributed by atoms with Gasteiger partial charge in [-0.3, -0.25) is 14.4 Å². The predicted octanol–water partition coefficient (Wildman–Crippen LogP) is 6.17. The number of rotatable bonds is 10. The second-order valence-electron chi connectivity index (χ2n) is 12.4. The van der Waals surface area contributed by atoms with Crippen LogP contribution in [0.3, 0.4) is 0 Å². The highest BCUT2D eigenvalue weighted by Gasteiger charge is 2.34. The molecule has 0 fully saturated rings. The Hall–Kier alpha value is -4.45. The van der Waals surface area contributed by atoms with Gasteiger partial charge in [0.15, 0.2) is 0 Å². The van der Waals surface area contributed by atoms with Crippen molar-refractivity contribution in [2.75, 3.05) is 21.1 Å². The summed E-state index contributed by atoms with van der Waals surface area (Å²) < 4.78 is 0. The molecule has 0 aliphatic rings. The molecule has 3 amide bonds. The van der Waals surface area contributed by atoms with E-state index in [-0.39, 0.29) is 23.1 Å². The van der Waals surface area contributed by atoms with Crippen molar-refractivity contribution in [3.05, 3.63) is 108 Å². The Balaban J connectivity index is 1.67. The predicted molar refractivity (Wildman–Crippen MR) is 176 cm³/mol. The van der Waals surface area contributed by atoms with Crippen molar-refractivity contribution in [2.45, 2.75) is 52.1 Å². The standard InChI is InChI=1S/C37H43N3O3/c1-37(2,3)22-12-19-34(41)39(5)33(25-30-17-11-16-28-14-9-10-18-31(28)30)36(43)40(6)32(35(42)38-4)24-26-20-21-27-13-7-8-15-29(27)23-26/h7-21,23,32-33H,22,24-25H2,1-6H3,(H,38,42)/b19-12+/t32-,33-/m1/s1. The number of hydrogen-bond acceptors (Lipinski definition) is 3. The number of amides is 3. The number of likely N-dealkylation sites (N-methyl/N-ethyl adjacent to an activating group) is 3. The summed E-state index contributed by atoms with van der Waals surface area (Å²) >= 11 is 0. The minimum Gasteiger partial charge on any atom is -0.357 e. The largest absolute Gasteiger partial charge is 0.357 e. The second-order valence-corrected chi connectivity index (χ2v) is 12.4. The maximum atomic E-state index is 14.4. The van der Waals surface area contributed by atoms with Crippen LogP contribution in [0, 0.1) is 5.41 Å². The molecule has 0 heterocycles. The molecule has 0 saturated heterocycles. The van der Waals surface area contributed by atoms with Gasteiger partial charge in [-0.1, -0.05) is 112 Å². The molecule has 4 aromatic rings. The number of nitrogens with one attached hydrogen (secondary N) is 1. The van der Waals surface area contributed by atoms with Crippen molar-refractivity contribution in [3.8, 4) is 0 Å². The first-order chi connectivity index (χ1) is 20.5. The molecule has 4 rings (SSSR count). The maximum Gasteiger partial charge on any atom is 0.246 e. The van der Waals surface area contributed by atoms with Gasteiger partial charge in [-0.25, -0.2) is 0 Å². The molecule has 0 aliphatic carbocycles. The first kappa shape index (κ1) is 31.5. The normalized spacial score (nSPS) is 13.2. The molecule has 0 radical (unpaired) electrons. The van der Waals surface area contributed by atoms with Crippen molar-refractivity contribution in [3.63, 3.8) is 0 Å². The lowest BCUT2D eigenvalue weighted by Gasteiger charge is -2.34. The average molecular weight is 578 g/mol. The summed E-state index contributed by atoms with van der Waals surface area (Å²) in [6, 6.07) is 26.6. The molecule has 0 bridgehead atoms. The first-order valence-corrected chi connectivity index (χ1v) is 14.8. The summed E-state index contributed by atoms with van der Waals surface area (Å²) in [6.45, 7) is 6.34. The van der Waals surface area contributed by atoms with Crippen molar-refractivity contribution in [1.29, 1.82) is 0 Å². The summed E-state index contributed by atoms with van der Waals surface area (Å²) in [6.07, 6.45) is 4.82. The molecule has 0 spiro atoms. The van der Waals surface area contributed by atoms with Crippen LogP contribution in [0.1, 0.15) is 38.3 Å². The van der Waals surface area contributed by atoms with Gasteiger partial charge in [0.2, 0.25) is 17.7 Å². The fourth-order valence-electron chi connectivity index (χ4n) is 5.40. The van der Waals surface area contributed by atoms with E-state index in [2.05, 4.69) is 32.2 Å². The highest BCUT2D eigenvalue weighted by molar-refractivity contribution is 5.96. The molecular formula is C37H43N3O3. The van der Waals surface area contributed by atoms with Gasteiger partial charge in [0.25, 0.3) is 0 Å². The van der Waals surface area contributed by atoms with Crippen molar-refractivity contribution >= 4 is 39.3 Å². The molecule has 43 heavy (non-hydrogen) atoms. The molecule has 2 atom stereocenters. The fraction of sp³-hybridized carbons (Fsp3) is 0.324. The van der Waals surface area contributed by atoms with Crippen LogP contribution >= 0.6 is 0 Å². The van der Waals surface area contributed by atoms with E-state index in [1.54, 1.807) is 27.2 Å². The van der Waals surface area contributed by atoms with Crippen LogP contribution in [-0.2, 0) is 27.2 Å². The minimum absolute atomic E-state index is 0.0389. The summed E-state index contributed by atoms with van der Waals surface area (Å²) in [7, 11) is 4.91. The lowest BCUT2D eigenvalue weighted by Crippen LogP contribution is -2.55. The molecular weight excluding hydrogens is 534 g/mol. The molecule has 0 aromatic heterocycles. The van der Waals surface area contributed by atoms with Crippen LogP contribution in [0.2, 0.25) is 0 Å². The zero-order chi connectivity index (χ0) is 31.1. The quantitative estimate of drug-likeness (QED) is 0.229. The summed E-state index contributed by atoms with van der Waals surface area (Å²) in [5.74, 6) is -0.795. The van der Waals surface area contributed by atoms with E-state index in [9.17, 15) is 14.4 Å². The van der Waals surface area contributed by atoms with Crippen molar-refractivity contribution in [1.82, 2.24) is 15.1 Å². The van der Waals surface area contributed by atoms with E-state index >= 15 is 0 Å². The molecule has 6 nitrogen and oxygen atoms in total. The maximum absolute atomic E-state index is 14.4. The average Bonchev–Trinajstić information content (AvgIpc) is 3.00. The van der Waals surface area contributed by atoms with Gasteiger partial charge in [-0.15, -0.1) is 0 Å². The second kappa shape index (κ2) is 13.7. The number of benzene rings is 4. The van der Waals surface area contributed by atoms with Gasteiger partial charge in [0.05, 0.1) is 0 Å². The molecule has 4 aromatic carbocycles. The third-order valence-corrected chi connectivity index (χ3v) is 7.99. The van der Waals surface area contributed by atoms with E-state index in [4.69, 9.17) is 0 Å². The van der Waals surface area contributed by atoms with Gasteiger partial charge >= 0.3 is 0 Å². The van der Waals surface area contributed by atoms with Gasteiger partial charge in [0.1, 0.15) is 12.1 Å². The Labute approximate surface area is 255 Å². The van der Waals surface area contributed by atoms with Gasteiger partial charge in [0, 0.05) is 34.0 Å². The first-order valence-electron chi connectivity index (χ1n) is 14.8. The van der Waals surface area contributed by atoms with E-state index < -0.39 is 12.1 Å². The smallest absolute Gasteiger partial charge is 0.246 e. The zero-order valence-corrected chi connectivity index (χ0v) is 26.1. The molecule has 0 unspecified atom stereocenters.